The Balaban J connectivity index is 0.000000269. The van der Waals surface area contributed by atoms with E-state index in [4.69, 9.17) is 9.47 Å². The standard InChI is InChI=1S/C26H33NO3.C9H11N/c1-3-13-30-25-17-23-21(16-24(25)29-2)15-22(26(23)28)14-19-9-11-27(12-10-19)18-20-7-5-4-6-8-20;1-2-6-9-8(4-1)5-3-7-10-9/h4-8,16-17,19,22H,3,9-15,18H2,1-2H3;1-2,4,6,10H,3,5,7H2. The zero-order valence-electron chi connectivity index (χ0n) is 24.2. The molecular formula is C35H44N2O3. The number of ether oxygens (including phenoxy) is 2. The topological polar surface area (TPSA) is 50.8 Å². The van der Waals surface area contributed by atoms with Crippen molar-refractivity contribution >= 4 is 11.5 Å². The van der Waals surface area contributed by atoms with Crippen LogP contribution in [0.1, 0.15) is 66.1 Å². The summed E-state index contributed by atoms with van der Waals surface area (Å²) in [5.74, 6) is 2.47. The maximum Gasteiger partial charge on any atom is 0.166 e. The Bertz CT molecular complexity index is 1230. The molecule has 6 rings (SSSR count). The van der Waals surface area contributed by atoms with Crippen LogP contribution in [0.25, 0.3) is 0 Å². The van der Waals surface area contributed by atoms with E-state index in [1.54, 1.807) is 7.11 Å². The summed E-state index contributed by atoms with van der Waals surface area (Å²) in [5, 5.41) is 3.36. The van der Waals surface area contributed by atoms with E-state index in [0.29, 0.717) is 24.1 Å². The summed E-state index contributed by atoms with van der Waals surface area (Å²) in [4.78, 5) is 15.6. The van der Waals surface area contributed by atoms with Gasteiger partial charge in [0, 0.05) is 30.3 Å². The van der Waals surface area contributed by atoms with Crippen LogP contribution in [0.4, 0.5) is 5.69 Å². The second kappa shape index (κ2) is 13.8. The van der Waals surface area contributed by atoms with Crippen molar-refractivity contribution in [2.45, 2.75) is 58.4 Å². The number of methoxy groups -OCH3 is 1. The van der Waals surface area contributed by atoms with Crippen LogP contribution < -0.4 is 14.8 Å². The first kappa shape index (κ1) is 28.2. The van der Waals surface area contributed by atoms with Crippen molar-refractivity contribution in [3.63, 3.8) is 0 Å². The molecule has 1 aliphatic carbocycles. The van der Waals surface area contributed by atoms with Crippen molar-refractivity contribution in [2.24, 2.45) is 11.8 Å². The molecule has 0 spiro atoms. The van der Waals surface area contributed by atoms with Gasteiger partial charge in [-0.15, -0.1) is 0 Å². The van der Waals surface area contributed by atoms with Gasteiger partial charge in [-0.3, -0.25) is 9.69 Å². The fourth-order valence-electron chi connectivity index (χ4n) is 6.29. The summed E-state index contributed by atoms with van der Waals surface area (Å²) < 4.78 is 11.3. The summed E-state index contributed by atoms with van der Waals surface area (Å²) in [6, 6.07) is 23.1. The fraction of sp³-hybridized carbons (Fsp3) is 0.457. The average Bonchev–Trinajstić information content (AvgIpc) is 3.31. The normalized spacial score (nSPS) is 18.6. The first-order valence-electron chi connectivity index (χ1n) is 15.1. The first-order valence-corrected chi connectivity index (χ1v) is 15.1. The van der Waals surface area contributed by atoms with Crippen LogP contribution in [-0.4, -0.2) is 44.0 Å². The number of rotatable bonds is 8. The van der Waals surface area contributed by atoms with Crippen LogP contribution in [0.15, 0.2) is 66.7 Å². The molecule has 1 atom stereocenters. The summed E-state index contributed by atoms with van der Waals surface area (Å²) in [6.45, 7) is 7.12. The molecule has 1 fully saturated rings. The van der Waals surface area contributed by atoms with E-state index in [2.05, 4.69) is 71.7 Å². The van der Waals surface area contributed by atoms with Gasteiger partial charge >= 0.3 is 0 Å². The molecule has 0 saturated carbocycles. The Morgan fingerprint density at radius 2 is 1.73 bits per heavy atom. The first-order chi connectivity index (χ1) is 19.6. The highest BCUT2D eigenvalue weighted by molar-refractivity contribution is 6.02. The number of fused-ring (bicyclic) bond motifs is 2. The number of para-hydroxylation sites is 1. The minimum Gasteiger partial charge on any atom is -0.493 e. The maximum atomic E-state index is 13.1. The molecule has 2 heterocycles. The van der Waals surface area contributed by atoms with Crippen molar-refractivity contribution in [2.75, 3.05) is 38.7 Å². The average molecular weight is 541 g/mol. The van der Waals surface area contributed by atoms with E-state index in [1.165, 1.54) is 42.5 Å². The number of nitrogens with zero attached hydrogens (tertiary/aromatic N) is 1. The summed E-state index contributed by atoms with van der Waals surface area (Å²) in [5.41, 5.74) is 6.13. The summed E-state index contributed by atoms with van der Waals surface area (Å²) in [6.07, 6.45) is 7.64. The highest BCUT2D eigenvalue weighted by Crippen LogP contribution is 2.39. The summed E-state index contributed by atoms with van der Waals surface area (Å²) in [7, 11) is 1.66. The van der Waals surface area contributed by atoms with Gasteiger partial charge in [-0.25, -0.2) is 0 Å². The van der Waals surface area contributed by atoms with Crippen molar-refractivity contribution in [1.82, 2.24) is 4.90 Å². The third-order valence-electron chi connectivity index (χ3n) is 8.48. The van der Waals surface area contributed by atoms with Gasteiger partial charge in [0.25, 0.3) is 0 Å². The molecule has 1 unspecified atom stereocenters. The van der Waals surface area contributed by atoms with Crippen LogP contribution in [-0.2, 0) is 19.4 Å². The highest BCUT2D eigenvalue weighted by Gasteiger charge is 2.34. The fourth-order valence-corrected chi connectivity index (χ4v) is 6.29. The molecule has 1 N–H and O–H groups in total. The number of nitrogens with one attached hydrogen (secondary N) is 1. The molecule has 5 nitrogen and oxygen atoms in total. The van der Waals surface area contributed by atoms with E-state index in [9.17, 15) is 4.79 Å². The van der Waals surface area contributed by atoms with E-state index in [-0.39, 0.29) is 5.92 Å². The monoisotopic (exact) mass is 540 g/mol. The predicted molar refractivity (Wildman–Crippen MR) is 163 cm³/mol. The third-order valence-corrected chi connectivity index (χ3v) is 8.48. The van der Waals surface area contributed by atoms with E-state index in [0.717, 1.165) is 62.3 Å². The second-order valence-corrected chi connectivity index (χ2v) is 11.4. The van der Waals surface area contributed by atoms with Gasteiger partial charge in [0.15, 0.2) is 17.3 Å². The van der Waals surface area contributed by atoms with E-state index < -0.39 is 0 Å². The van der Waals surface area contributed by atoms with Crippen LogP contribution in [0, 0.1) is 11.8 Å². The lowest BCUT2D eigenvalue weighted by Crippen LogP contribution is -2.34. The number of piperidine rings is 1. The van der Waals surface area contributed by atoms with Gasteiger partial charge in [-0.05, 0) is 98.8 Å². The largest absolute Gasteiger partial charge is 0.493 e. The number of benzene rings is 3. The molecule has 212 valence electrons. The second-order valence-electron chi connectivity index (χ2n) is 11.4. The third kappa shape index (κ3) is 7.06. The number of Topliss-reactive ketones (excluding diaryl/α,β-unsaturated/α-hetero) is 1. The van der Waals surface area contributed by atoms with Crippen LogP contribution in [0.5, 0.6) is 11.5 Å². The predicted octanol–water partition coefficient (Wildman–Crippen LogP) is 7.19. The molecule has 0 aromatic heterocycles. The van der Waals surface area contributed by atoms with Crippen molar-refractivity contribution in [1.29, 1.82) is 0 Å². The smallest absolute Gasteiger partial charge is 0.166 e. The lowest BCUT2D eigenvalue weighted by Gasteiger charge is -2.32. The van der Waals surface area contributed by atoms with Crippen molar-refractivity contribution in [3.8, 4) is 11.5 Å². The van der Waals surface area contributed by atoms with Crippen molar-refractivity contribution < 1.29 is 14.3 Å². The van der Waals surface area contributed by atoms with Crippen LogP contribution in [0.2, 0.25) is 0 Å². The molecule has 40 heavy (non-hydrogen) atoms. The molecule has 0 bridgehead atoms. The molecule has 3 aromatic carbocycles. The molecule has 3 aliphatic rings. The minimum absolute atomic E-state index is 0.108. The van der Waals surface area contributed by atoms with Gasteiger partial charge in [-0.1, -0.05) is 55.5 Å². The van der Waals surface area contributed by atoms with Gasteiger partial charge in [0.2, 0.25) is 0 Å². The number of carbonyl (C=O) groups excluding carboxylic acids is 1. The van der Waals surface area contributed by atoms with Crippen LogP contribution >= 0.6 is 0 Å². The number of anilines is 1. The molecule has 2 aliphatic heterocycles. The zero-order valence-corrected chi connectivity index (χ0v) is 24.2. The molecule has 0 radical (unpaired) electrons. The lowest BCUT2D eigenvalue weighted by molar-refractivity contribution is 0.0895. The van der Waals surface area contributed by atoms with Gasteiger partial charge in [-0.2, -0.15) is 0 Å². The van der Waals surface area contributed by atoms with Gasteiger partial charge in [0.1, 0.15) is 0 Å². The number of ketones is 1. The van der Waals surface area contributed by atoms with E-state index in [1.807, 2.05) is 12.1 Å². The number of hydrogen-bond donors (Lipinski definition) is 1. The number of hydrogen-bond acceptors (Lipinski definition) is 5. The molecule has 0 amide bonds. The SMILES string of the molecule is CCCOc1cc2c(cc1OC)CC(CC1CCN(Cc3ccccc3)CC1)C2=O.c1ccc2c(c1)CCCN2. The molecule has 1 saturated heterocycles. The van der Waals surface area contributed by atoms with Crippen molar-refractivity contribution in [3.05, 3.63) is 89.0 Å². The number of carbonyl (C=O) groups is 1. The Morgan fingerprint density at radius 1 is 0.950 bits per heavy atom. The Kier molecular flexibility index (Phi) is 9.77. The minimum atomic E-state index is 0.108. The molecule has 3 aromatic rings. The Hall–Kier alpha value is -3.31. The van der Waals surface area contributed by atoms with Gasteiger partial charge in [0.05, 0.1) is 13.7 Å². The Labute approximate surface area is 239 Å². The lowest BCUT2D eigenvalue weighted by atomic mass is 9.85. The molecular weight excluding hydrogens is 496 g/mol. The Morgan fingerprint density at radius 3 is 2.48 bits per heavy atom. The highest BCUT2D eigenvalue weighted by atomic mass is 16.5. The van der Waals surface area contributed by atoms with Crippen LogP contribution in [0.3, 0.4) is 0 Å². The quantitative estimate of drug-likeness (QED) is 0.328. The van der Waals surface area contributed by atoms with E-state index >= 15 is 0 Å². The maximum absolute atomic E-state index is 13.1. The van der Waals surface area contributed by atoms with Gasteiger partial charge < -0.3 is 14.8 Å². The zero-order chi connectivity index (χ0) is 27.7. The number of aryl methyl sites for hydroxylation is 1. The molecule has 5 heteroatoms. The summed E-state index contributed by atoms with van der Waals surface area (Å²) >= 11 is 0. The number of likely N-dealkylation sites (tertiary alicyclic amines) is 1.